The molecule has 0 aromatic heterocycles. The summed E-state index contributed by atoms with van der Waals surface area (Å²) in [5, 5.41) is 0. The van der Waals surface area contributed by atoms with Crippen LogP contribution in [-0.2, 0) is 12.8 Å². The van der Waals surface area contributed by atoms with Crippen LogP contribution in [-0.4, -0.2) is 0 Å². The summed E-state index contributed by atoms with van der Waals surface area (Å²) in [6.07, 6.45) is 5.65. The first-order valence-electron chi connectivity index (χ1n) is 12.3. The van der Waals surface area contributed by atoms with Gasteiger partial charge in [-0.05, 0) is 70.7 Å². The SMILES string of the molecule is CCCCCc1ccc(-c2ccc(-c3ccc(-c4ccc(C)c(F)c4F)c(CC)c3)cc2)cc1. The van der Waals surface area contributed by atoms with E-state index in [9.17, 15) is 8.78 Å². The Balaban J connectivity index is 1.57. The van der Waals surface area contributed by atoms with Crippen LogP contribution in [0.2, 0.25) is 0 Å². The smallest absolute Gasteiger partial charge is 0.166 e. The van der Waals surface area contributed by atoms with Gasteiger partial charge in [-0.15, -0.1) is 0 Å². The maximum Gasteiger partial charge on any atom is 0.166 e. The van der Waals surface area contributed by atoms with Crippen molar-refractivity contribution in [3.8, 4) is 33.4 Å². The first kappa shape index (κ1) is 23.9. The molecule has 0 aliphatic carbocycles. The minimum absolute atomic E-state index is 0.319. The van der Waals surface area contributed by atoms with E-state index in [4.69, 9.17) is 0 Å². The van der Waals surface area contributed by atoms with Crippen molar-refractivity contribution in [3.05, 3.63) is 107 Å². The van der Waals surface area contributed by atoms with E-state index in [1.807, 2.05) is 19.1 Å². The number of hydrogen-bond acceptors (Lipinski definition) is 0. The molecule has 4 aromatic rings. The second-order valence-electron chi connectivity index (χ2n) is 9.01. The van der Waals surface area contributed by atoms with Crippen molar-refractivity contribution < 1.29 is 8.78 Å². The highest BCUT2D eigenvalue weighted by molar-refractivity contribution is 5.76. The number of hydrogen-bond donors (Lipinski definition) is 0. The van der Waals surface area contributed by atoms with Crippen LogP contribution < -0.4 is 0 Å². The maximum absolute atomic E-state index is 14.6. The Kier molecular flexibility index (Phi) is 7.57. The molecule has 0 saturated carbocycles. The van der Waals surface area contributed by atoms with Crippen LogP contribution in [0.1, 0.15) is 49.8 Å². The van der Waals surface area contributed by atoms with Crippen molar-refractivity contribution in [1.82, 2.24) is 0 Å². The van der Waals surface area contributed by atoms with Gasteiger partial charge >= 0.3 is 0 Å². The molecule has 2 heteroatoms. The van der Waals surface area contributed by atoms with Crippen LogP contribution in [0.3, 0.4) is 0 Å². The highest BCUT2D eigenvalue weighted by Crippen LogP contribution is 2.33. The average molecular weight is 455 g/mol. The Morgan fingerprint density at radius 3 is 1.76 bits per heavy atom. The molecule has 0 N–H and O–H groups in total. The number of halogens is 2. The monoisotopic (exact) mass is 454 g/mol. The van der Waals surface area contributed by atoms with Crippen molar-refractivity contribution in [2.45, 2.75) is 52.9 Å². The van der Waals surface area contributed by atoms with Crippen molar-refractivity contribution in [1.29, 1.82) is 0 Å². The standard InChI is InChI=1S/C32H32F2/c1-4-6-7-8-23-10-12-25(13-11-23)26-14-16-27(17-15-26)28-18-20-29(24(5-2)21-28)30-19-9-22(3)31(33)32(30)34/h9-21H,4-8H2,1-3H3. The largest absolute Gasteiger partial charge is 0.203 e. The van der Waals surface area contributed by atoms with Crippen LogP contribution in [0, 0.1) is 18.6 Å². The Hall–Kier alpha value is -3.26. The van der Waals surface area contributed by atoms with Crippen LogP contribution in [0.4, 0.5) is 8.78 Å². The topological polar surface area (TPSA) is 0 Å². The van der Waals surface area contributed by atoms with E-state index in [-0.39, 0.29) is 0 Å². The molecule has 0 amide bonds. The molecule has 4 rings (SSSR count). The number of aryl methyl sites for hydroxylation is 3. The van der Waals surface area contributed by atoms with E-state index in [1.54, 1.807) is 19.1 Å². The van der Waals surface area contributed by atoms with Gasteiger partial charge in [0, 0.05) is 5.56 Å². The lowest BCUT2D eigenvalue weighted by Gasteiger charge is -2.13. The van der Waals surface area contributed by atoms with Gasteiger partial charge in [0.25, 0.3) is 0 Å². The average Bonchev–Trinajstić information content (AvgIpc) is 2.88. The predicted octanol–water partition coefficient (Wildman–Crippen LogP) is 9.57. The molecule has 0 saturated heterocycles. The Bertz CT molecular complexity index is 1250. The van der Waals surface area contributed by atoms with Crippen LogP contribution in [0.15, 0.2) is 78.9 Å². The third-order valence-electron chi connectivity index (χ3n) is 6.63. The summed E-state index contributed by atoms with van der Waals surface area (Å²) in [5.74, 6) is -1.55. The normalized spacial score (nSPS) is 11.1. The molecule has 34 heavy (non-hydrogen) atoms. The van der Waals surface area contributed by atoms with E-state index in [1.165, 1.54) is 36.0 Å². The van der Waals surface area contributed by atoms with Crippen molar-refractivity contribution in [2.24, 2.45) is 0 Å². The molecule has 0 aliphatic rings. The number of benzene rings is 4. The summed E-state index contributed by atoms with van der Waals surface area (Å²) in [5.41, 5.74) is 8.37. The quantitative estimate of drug-likeness (QED) is 0.233. The summed E-state index contributed by atoms with van der Waals surface area (Å²) >= 11 is 0. The van der Waals surface area contributed by atoms with Crippen molar-refractivity contribution in [3.63, 3.8) is 0 Å². The van der Waals surface area contributed by atoms with E-state index in [2.05, 4.69) is 61.5 Å². The summed E-state index contributed by atoms with van der Waals surface area (Å²) in [7, 11) is 0. The molecule has 174 valence electrons. The molecule has 0 unspecified atom stereocenters. The van der Waals surface area contributed by atoms with Crippen LogP contribution in [0.5, 0.6) is 0 Å². The summed E-state index contributed by atoms with van der Waals surface area (Å²) in [6.45, 7) is 5.85. The molecular formula is C32H32F2. The van der Waals surface area contributed by atoms with Gasteiger partial charge in [-0.1, -0.05) is 106 Å². The highest BCUT2D eigenvalue weighted by Gasteiger charge is 2.15. The second kappa shape index (κ2) is 10.8. The van der Waals surface area contributed by atoms with Gasteiger partial charge in [0.1, 0.15) is 0 Å². The summed E-state index contributed by atoms with van der Waals surface area (Å²) in [6, 6.07) is 26.7. The van der Waals surface area contributed by atoms with E-state index >= 15 is 0 Å². The molecule has 0 spiro atoms. The first-order valence-corrected chi connectivity index (χ1v) is 12.3. The molecule has 0 atom stereocenters. The van der Waals surface area contributed by atoms with Gasteiger partial charge in [-0.3, -0.25) is 0 Å². The summed E-state index contributed by atoms with van der Waals surface area (Å²) in [4.78, 5) is 0. The Morgan fingerprint density at radius 1 is 0.588 bits per heavy atom. The fourth-order valence-corrected chi connectivity index (χ4v) is 4.48. The molecule has 0 nitrogen and oxygen atoms in total. The third kappa shape index (κ3) is 5.12. The van der Waals surface area contributed by atoms with Crippen molar-refractivity contribution >= 4 is 0 Å². The van der Waals surface area contributed by atoms with Crippen LogP contribution in [0.25, 0.3) is 33.4 Å². The fraction of sp³-hybridized carbons (Fsp3) is 0.250. The molecule has 0 radical (unpaired) electrons. The first-order chi connectivity index (χ1) is 16.5. The van der Waals surface area contributed by atoms with E-state index < -0.39 is 11.6 Å². The molecular weight excluding hydrogens is 422 g/mol. The zero-order valence-electron chi connectivity index (χ0n) is 20.3. The molecule has 0 aliphatic heterocycles. The lowest BCUT2D eigenvalue weighted by Crippen LogP contribution is -1.96. The third-order valence-corrected chi connectivity index (χ3v) is 6.63. The maximum atomic E-state index is 14.6. The van der Waals surface area contributed by atoms with Gasteiger partial charge in [0.2, 0.25) is 0 Å². The Labute approximate surface area is 202 Å². The predicted molar refractivity (Wildman–Crippen MR) is 140 cm³/mol. The van der Waals surface area contributed by atoms with Gasteiger partial charge in [0.15, 0.2) is 11.6 Å². The van der Waals surface area contributed by atoms with Gasteiger partial charge in [-0.25, -0.2) is 8.78 Å². The number of unbranched alkanes of at least 4 members (excludes halogenated alkanes) is 2. The zero-order valence-corrected chi connectivity index (χ0v) is 20.3. The van der Waals surface area contributed by atoms with Crippen LogP contribution >= 0.6 is 0 Å². The van der Waals surface area contributed by atoms with Gasteiger partial charge < -0.3 is 0 Å². The van der Waals surface area contributed by atoms with Crippen molar-refractivity contribution in [2.75, 3.05) is 0 Å². The number of rotatable bonds is 8. The molecule has 0 fully saturated rings. The summed E-state index contributed by atoms with van der Waals surface area (Å²) < 4.78 is 28.8. The van der Waals surface area contributed by atoms with Gasteiger partial charge in [-0.2, -0.15) is 0 Å². The highest BCUT2D eigenvalue weighted by atomic mass is 19.2. The van der Waals surface area contributed by atoms with Gasteiger partial charge in [0.05, 0.1) is 0 Å². The van der Waals surface area contributed by atoms with E-state index in [0.29, 0.717) is 11.1 Å². The molecule has 0 heterocycles. The lowest BCUT2D eigenvalue weighted by atomic mass is 9.92. The second-order valence-corrected chi connectivity index (χ2v) is 9.01. The minimum Gasteiger partial charge on any atom is -0.203 e. The zero-order chi connectivity index (χ0) is 24.1. The lowest BCUT2D eigenvalue weighted by molar-refractivity contribution is 0.505. The van der Waals surface area contributed by atoms with E-state index in [0.717, 1.165) is 35.1 Å². The minimum atomic E-state index is -0.775. The molecule has 0 bridgehead atoms. The molecule has 4 aromatic carbocycles. The Morgan fingerprint density at radius 2 is 1.15 bits per heavy atom. The fourth-order valence-electron chi connectivity index (χ4n) is 4.48.